The lowest BCUT2D eigenvalue weighted by Crippen LogP contribution is -2.31. The third kappa shape index (κ3) is 7.40. The molecule has 1 saturated heterocycles. The molecule has 0 aromatic heterocycles. The third-order valence-electron chi connectivity index (χ3n) is 7.61. The summed E-state index contributed by atoms with van der Waals surface area (Å²) in [6.07, 6.45) is 3.83. The van der Waals surface area contributed by atoms with Crippen molar-refractivity contribution in [1.82, 2.24) is 10.2 Å². The number of sulfonamides is 1. The molecule has 5 rings (SSSR count). The first-order valence-electron chi connectivity index (χ1n) is 14.3. The van der Waals surface area contributed by atoms with E-state index in [1.54, 1.807) is 66.7 Å². The van der Waals surface area contributed by atoms with Gasteiger partial charge in [-0.3, -0.25) is 14.0 Å². The van der Waals surface area contributed by atoms with E-state index >= 15 is 0 Å². The van der Waals surface area contributed by atoms with Crippen LogP contribution in [0.4, 0.5) is 5.69 Å². The number of anilines is 1. The van der Waals surface area contributed by atoms with Gasteiger partial charge in [0.15, 0.2) is 0 Å². The minimum Gasteiger partial charge on any atom is -0.348 e. The summed E-state index contributed by atoms with van der Waals surface area (Å²) < 4.78 is 28.9. The molecule has 8 heteroatoms. The molecule has 0 unspecified atom stereocenters. The van der Waals surface area contributed by atoms with Gasteiger partial charge >= 0.3 is 0 Å². The van der Waals surface area contributed by atoms with Crippen LogP contribution in [0.25, 0.3) is 0 Å². The molecule has 6 nitrogen and oxygen atoms in total. The Labute approximate surface area is 254 Å². The van der Waals surface area contributed by atoms with E-state index in [1.165, 1.54) is 29.1 Å². The van der Waals surface area contributed by atoms with Gasteiger partial charge in [0.05, 0.1) is 17.1 Å². The van der Waals surface area contributed by atoms with Crippen LogP contribution >= 0.6 is 11.6 Å². The molecular formula is C34H36ClN3O3S. The van der Waals surface area contributed by atoms with Gasteiger partial charge in [-0.2, -0.15) is 0 Å². The molecular weight excluding hydrogens is 566 g/mol. The number of amides is 1. The fourth-order valence-electron chi connectivity index (χ4n) is 5.30. The van der Waals surface area contributed by atoms with Crippen molar-refractivity contribution in [2.45, 2.75) is 50.7 Å². The normalized spacial score (nSPS) is 14.0. The standard InChI is InChI=1S/C34H36ClN3O3S/c1-26-13-18-31(35)22-33(26)38(42(40,41)32-11-4-2-5-12-32)25-27-14-16-30(17-15-27)34(39)36-23-28-9-8-10-29(21-28)24-37-19-6-3-7-20-37/h2,4-5,8-18,21-22H,3,6-7,19-20,23-25H2,1H3,(H,36,39). The van der Waals surface area contributed by atoms with E-state index in [0.29, 0.717) is 22.8 Å². The smallest absolute Gasteiger partial charge is 0.264 e. The maximum atomic E-state index is 13.7. The van der Waals surface area contributed by atoms with Crippen molar-refractivity contribution in [3.63, 3.8) is 0 Å². The van der Waals surface area contributed by atoms with Crippen LogP contribution in [0.1, 0.15) is 51.9 Å². The van der Waals surface area contributed by atoms with E-state index in [0.717, 1.165) is 36.3 Å². The van der Waals surface area contributed by atoms with Gasteiger partial charge in [-0.1, -0.05) is 78.7 Å². The SMILES string of the molecule is Cc1ccc(Cl)cc1N(Cc1ccc(C(=O)NCc2cccc(CN3CCCCC3)c2)cc1)S(=O)(=O)c1ccccc1. The Kier molecular flexibility index (Phi) is 9.62. The molecule has 4 aromatic carbocycles. The Balaban J connectivity index is 1.28. The van der Waals surface area contributed by atoms with Gasteiger partial charge in [-0.05, 0) is 91.5 Å². The Morgan fingerprint density at radius 3 is 2.29 bits per heavy atom. The summed E-state index contributed by atoms with van der Waals surface area (Å²) in [5.41, 5.74) is 4.88. The van der Waals surface area contributed by atoms with Crippen molar-refractivity contribution in [3.8, 4) is 0 Å². The summed E-state index contributed by atoms with van der Waals surface area (Å²) in [6, 6.07) is 29.0. The number of halogens is 1. The average Bonchev–Trinajstić information content (AvgIpc) is 3.01. The number of carbonyl (C=O) groups excluding carboxylic acids is 1. The molecule has 42 heavy (non-hydrogen) atoms. The number of hydrogen-bond donors (Lipinski definition) is 1. The van der Waals surface area contributed by atoms with E-state index in [4.69, 9.17) is 11.6 Å². The first-order chi connectivity index (χ1) is 20.3. The van der Waals surface area contributed by atoms with E-state index < -0.39 is 10.0 Å². The maximum Gasteiger partial charge on any atom is 0.264 e. The molecule has 0 aliphatic carbocycles. The van der Waals surface area contributed by atoms with Crippen LogP contribution < -0.4 is 9.62 Å². The van der Waals surface area contributed by atoms with Gasteiger partial charge in [0.25, 0.3) is 15.9 Å². The highest BCUT2D eigenvalue weighted by Gasteiger charge is 2.26. The number of carbonyl (C=O) groups is 1. The summed E-state index contributed by atoms with van der Waals surface area (Å²) in [5, 5.41) is 3.47. The lowest BCUT2D eigenvalue weighted by Gasteiger charge is -2.26. The molecule has 1 N–H and O–H groups in total. The van der Waals surface area contributed by atoms with E-state index in [-0.39, 0.29) is 17.3 Å². The van der Waals surface area contributed by atoms with E-state index in [1.807, 2.05) is 25.1 Å². The molecule has 1 aliphatic rings. The topological polar surface area (TPSA) is 69.7 Å². The number of benzene rings is 4. The van der Waals surface area contributed by atoms with Crippen molar-refractivity contribution in [2.75, 3.05) is 17.4 Å². The predicted octanol–water partition coefficient (Wildman–Crippen LogP) is 6.96. The molecule has 0 saturated carbocycles. The maximum absolute atomic E-state index is 13.7. The molecule has 0 bridgehead atoms. The monoisotopic (exact) mass is 601 g/mol. The number of nitrogens with zero attached hydrogens (tertiary/aromatic N) is 2. The predicted molar refractivity (Wildman–Crippen MR) is 169 cm³/mol. The van der Waals surface area contributed by atoms with Gasteiger partial charge < -0.3 is 5.32 Å². The fraction of sp³-hybridized carbons (Fsp3) is 0.265. The second kappa shape index (κ2) is 13.6. The molecule has 1 aliphatic heterocycles. The Morgan fingerprint density at radius 2 is 1.55 bits per heavy atom. The summed E-state index contributed by atoms with van der Waals surface area (Å²) in [4.78, 5) is 15.6. The lowest BCUT2D eigenvalue weighted by molar-refractivity contribution is 0.0951. The first kappa shape index (κ1) is 29.8. The molecule has 1 amide bonds. The summed E-state index contributed by atoms with van der Waals surface area (Å²) in [6.45, 7) is 5.61. The minimum absolute atomic E-state index is 0.0874. The number of piperidine rings is 1. The zero-order valence-corrected chi connectivity index (χ0v) is 25.4. The highest BCUT2D eigenvalue weighted by Crippen LogP contribution is 2.31. The van der Waals surface area contributed by atoms with Gasteiger partial charge in [0, 0.05) is 23.7 Å². The quantitative estimate of drug-likeness (QED) is 0.213. The lowest BCUT2D eigenvalue weighted by atomic mass is 10.1. The number of hydrogen-bond acceptors (Lipinski definition) is 4. The minimum atomic E-state index is -3.88. The highest BCUT2D eigenvalue weighted by atomic mass is 35.5. The van der Waals surface area contributed by atoms with Crippen molar-refractivity contribution < 1.29 is 13.2 Å². The Morgan fingerprint density at radius 1 is 0.833 bits per heavy atom. The Hall–Kier alpha value is -3.65. The third-order valence-corrected chi connectivity index (χ3v) is 9.62. The van der Waals surface area contributed by atoms with Crippen LogP contribution in [-0.4, -0.2) is 32.3 Å². The van der Waals surface area contributed by atoms with Crippen molar-refractivity contribution >= 4 is 33.2 Å². The fourth-order valence-corrected chi connectivity index (χ4v) is 6.99. The second-order valence-electron chi connectivity index (χ2n) is 10.8. The number of nitrogens with one attached hydrogen (secondary N) is 1. The number of rotatable bonds is 10. The van der Waals surface area contributed by atoms with Crippen LogP contribution in [0.2, 0.25) is 5.02 Å². The molecule has 4 aromatic rings. The Bertz CT molecular complexity index is 1620. The largest absolute Gasteiger partial charge is 0.348 e. The van der Waals surface area contributed by atoms with Gasteiger partial charge in [-0.25, -0.2) is 8.42 Å². The summed E-state index contributed by atoms with van der Waals surface area (Å²) >= 11 is 6.27. The average molecular weight is 602 g/mol. The zero-order valence-electron chi connectivity index (χ0n) is 23.8. The van der Waals surface area contributed by atoms with Crippen LogP contribution in [0.3, 0.4) is 0 Å². The molecule has 0 spiro atoms. The van der Waals surface area contributed by atoms with E-state index in [2.05, 4.69) is 22.3 Å². The molecule has 1 heterocycles. The highest BCUT2D eigenvalue weighted by molar-refractivity contribution is 7.92. The van der Waals surface area contributed by atoms with Crippen LogP contribution in [0, 0.1) is 6.92 Å². The molecule has 218 valence electrons. The van der Waals surface area contributed by atoms with Crippen LogP contribution in [-0.2, 0) is 29.7 Å². The zero-order chi connectivity index (χ0) is 29.5. The molecule has 1 fully saturated rings. The van der Waals surface area contributed by atoms with Gasteiger partial charge in [0.1, 0.15) is 0 Å². The summed E-state index contributed by atoms with van der Waals surface area (Å²) in [5.74, 6) is -0.178. The van der Waals surface area contributed by atoms with E-state index in [9.17, 15) is 13.2 Å². The van der Waals surface area contributed by atoms with Crippen LogP contribution in [0.5, 0.6) is 0 Å². The van der Waals surface area contributed by atoms with Crippen molar-refractivity contribution in [3.05, 3.63) is 130 Å². The number of aryl methyl sites for hydroxylation is 1. The molecule has 0 atom stereocenters. The number of likely N-dealkylation sites (tertiary alicyclic amines) is 1. The second-order valence-corrected chi connectivity index (χ2v) is 13.1. The van der Waals surface area contributed by atoms with Crippen molar-refractivity contribution in [1.29, 1.82) is 0 Å². The van der Waals surface area contributed by atoms with Gasteiger partial charge in [-0.15, -0.1) is 0 Å². The first-order valence-corrected chi connectivity index (χ1v) is 16.1. The molecule has 0 radical (unpaired) electrons. The van der Waals surface area contributed by atoms with Crippen molar-refractivity contribution in [2.24, 2.45) is 0 Å². The summed E-state index contributed by atoms with van der Waals surface area (Å²) in [7, 11) is -3.88. The van der Waals surface area contributed by atoms with Crippen LogP contribution in [0.15, 0.2) is 102 Å². The van der Waals surface area contributed by atoms with Gasteiger partial charge in [0.2, 0.25) is 0 Å².